The number of aromatic nitrogens is 1. The van der Waals surface area contributed by atoms with Gasteiger partial charge in [-0.15, -0.1) is 0 Å². The molecule has 1 spiro atoms. The number of hydrogen-bond acceptors (Lipinski definition) is 9. The molecule has 0 amide bonds. The van der Waals surface area contributed by atoms with Crippen molar-refractivity contribution in [3.63, 3.8) is 0 Å². The summed E-state index contributed by atoms with van der Waals surface area (Å²) in [5, 5.41) is 21.1. The Bertz CT molecular complexity index is 2380. The van der Waals surface area contributed by atoms with Gasteiger partial charge in [-0.3, -0.25) is 0 Å². The predicted molar refractivity (Wildman–Crippen MR) is 236 cm³/mol. The Hall–Kier alpha value is -4.69. The summed E-state index contributed by atoms with van der Waals surface area (Å²) in [7, 11) is -0.608. The zero-order chi connectivity index (χ0) is 43.9. The van der Waals surface area contributed by atoms with Crippen molar-refractivity contribution in [1.29, 1.82) is 0 Å². The highest BCUT2D eigenvalue weighted by Crippen LogP contribution is 2.49. The molecule has 4 aromatic rings. The molecule has 3 aromatic carbocycles. The maximum Gasteiger partial charge on any atom is 0.354 e. The number of methoxy groups -OCH3 is 2. The number of nitrogens with zero attached hydrogens (tertiary/aromatic N) is 3. The number of halogens is 2. The Labute approximate surface area is 368 Å². The van der Waals surface area contributed by atoms with E-state index in [4.69, 9.17) is 25.8 Å². The van der Waals surface area contributed by atoms with Gasteiger partial charge in [0.1, 0.15) is 17.3 Å². The molecule has 0 bridgehead atoms. The van der Waals surface area contributed by atoms with Crippen LogP contribution >= 0.6 is 11.6 Å². The molecule has 0 saturated heterocycles. The van der Waals surface area contributed by atoms with Crippen LogP contribution in [0.5, 0.6) is 17.2 Å². The summed E-state index contributed by atoms with van der Waals surface area (Å²) in [5.74, 6) is 0.506. The van der Waals surface area contributed by atoms with Gasteiger partial charge in [0.05, 0.1) is 37.2 Å². The molecule has 1 saturated carbocycles. The SMILES string of the molecule is COc1ccc(CN(Cc2ccc(OC)cc2)S(=O)(=O)[C@H](C)[C@@H](C)[C@H]2C=C(C(O)[C@@H]3CC[C@H]3CN3C[C@@]4(CCCc5c4ccc(Cl)c5F)COc4ccc(C(=O)O)nc43)C2)cc1. The predicted octanol–water partition coefficient (Wildman–Crippen LogP) is 8.45. The molecule has 2 N–H and O–H groups in total. The van der Waals surface area contributed by atoms with Gasteiger partial charge in [-0.25, -0.2) is 22.6 Å². The van der Waals surface area contributed by atoms with Crippen molar-refractivity contribution in [3.05, 3.63) is 123 Å². The van der Waals surface area contributed by atoms with Crippen LogP contribution in [-0.4, -0.2) is 79.2 Å². The van der Waals surface area contributed by atoms with E-state index in [0.717, 1.165) is 47.9 Å². The van der Waals surface area contributed by atoms with E-state index in [9.17, 15) is 23.4 Å². The standard InChI is InChI=1S/C48H55ClFN3O8S/c1-29(30(2)62(57,58)53(24-31-7-12-36(59-3)13-8-31)25-32-9-14-37(60-4)15-10-32)34-22-35(23-34)45(54)38-16-11-33(38)26-52-27-48(21-5-6-39-40(48)17-18-41(49)44(39)50)28-61-43-20-19-42(47(55)56)51-46(43)52/h7-10,12-15,17-20,22,29-30,33-34,38,45,54H,5-6,11,16,21,23-28H2,1-4H3,(H,55,56)/t29-,30-,33+,34+,38-,45?,48+/m1/s1. The molecule has 1 aromatic heterocycles. The number of carboxylic acid groups (broad SMARTS) is 1. The first-order chi connectivity index (χ1) is 29.7. The minimum atomic E-state index is -3.80. The van der Waals surface area contributed by atoms with Crippen LogP contribution in [-0.2, 0) is 34.9 Å². The first-order valence-electron chi connectivity index (χ1n) is 21.4. The van der Waals surface area contributed by atoms with Crippen molar-refractivity contribution >= 4 is 33.4 Å². The minimum absolute atomic E-state index is 0.0276. The molecule has 2 heterocycles. The van der Waals surface area contributed by atoms with Crippen LogP contribution in [0.25, 0.3) is 0 Å². The molecule has 1 aliphatic heterocycles. The molecule has 7 atom stereocenters. The van der Waals surface area contributed by atoms with Gasteiger partial charge in [-0.05, 0) is 139 Å². The number of rotatable bonds is 15. The Morgan fingerprint density at radius 2 is 1.65 bits per heavy atom. The van der Waals surface area contributed by atoms with Gasteiger partial charge in [0.25, 0.3) is 0 Å². The van der Waals surface area contributed by atoms with Gasteiger partial charge in [-0.1, -0.05) is 54.9 Å². The summed E-state index contributed by atoms with van der Waals surface area (Å²) in [5.41, 5.74) is 3.38. The lowest BCUT2D eigenvalue weighted by molar-refractivity contribution is 0.0308. The van der Waals surface area contributed by atoms with E-state index in [0.29, 0.717) is 54.6 Å². The molecule has 1 unspecified atom stereocenters. The number of aromatic carboxylic acids is 1. The topological polar surface area (TPSA) is 139 Å². The fraction of sp³-hybridized carbons (Fsp3) is 0.458. The van der Waals surface area contributed by atoms with Crippen LogP contribution in [0, 0.1) is 29.5 Å². The molecule has 3 aliphatic carbocycles. The average Bonchev–Trinajstić information content (AvgIpc) is 3.39. The quantitative estimate of drug-likeness (QED) is 0.112. The second-order valence-corrected chi connectivity index (χ2v) is 20.3. The molecule has 11 nitrogen and oxygen atoms in total. The number of aliphatic hydroxyl groups is 1. The zero-order valence-electron chi connectivity index (χ0n) is 35.6. The fourth-order valence-electron chi connectivity index (χ4n) is 9.96. The average molecular weight is 888 g/mol. The van der Waals surface area contributed by atoms with E-state index >= 15 is 4.39 Å². The number of pyridine rings is 1. The van der Waals surface area contributed by atoms with E-state index in [1.54, 1.807) is 37.6 Å². The number of carbonyl (C=O) groups is 1. The molecular formula is C48H55ClFN3O8S. The van der Waals surface area contributed by atoms with Crippen molar-refractivity contribution < 1.29 is 42.0 Å². The summed E-state index contributed by atoms with van der Waals surface area (Å²) >= 11 is 6.24. The van der Waals surface area contributed by atoms with Crippen LogP contribution in [0.4, 0.5) is 10.2 Å². The summed E-state index contributed by atoms with van der Waals surface area (Å²) in [4.78, 5) is 18.8. The number of fused-ring (bicyclic) bond motifs is 3. The largest absolute Gasteiger partial charge is 0.497 e. The molecule has 0 radical (unpaired) electrons. The molecule has 330 valence electrons. The number of aliphatic hydroxyl groups excluding tert-OH is 1. The van der Waals surface area contributed by atoms with Gasteiger partial charge >= 0.3 is 5.97 Å². The third-order valence-electron chi connectivity index (χ3n) is 14.1. The van der Waals surface area contributed by atoms with E-state index in [2.05, 4.69) is 16.0 Å². The van der Waals surface area contributed by atoms with E-state index in [1.807, 2.05) is 61.5 Å². The Morgan fingerprint density at radius 3 is 2.23 bits per heavy atom. The summed E-state index contributed by atoms with van der Waals surface area (Å²) in [6.45, 7) is 5.37. The normalized spacial score (nSPS) is 23.4. The first-order valence-corrected chi connectivity index (χ1v) is 23.3. The van der Waals surface area contributed by atoms with Crippen molar-refractivity contribution in [1.82, 2.24) is 9.29 Å². The van der Waals surface area contributed by atoms with Crippen LogP contribution in [0.15, 0.2) is 84.4 Å². The lowest BCUT2D eigenvalue weighted by atomic mass is 9.64. The van der Waals surface area contributed by atoms with Crippen LogP contribution < -0.4 is 19.1 Å². The van der Waals surface area contributed by atoms with Crippen LogP contribution in [0.1, 0.15) is 78.7 Å². The summed E-state index contributed by atoms with van der Waals surface area (Å²) < 4.78 is 63.0. The van der Waals surface area contributed by atoms with E-state index < -0.39 is 38.6 Å². The van der Waals surface area contributed by atoms with Gasteiger partial charge in [0.2, 0.25) is 10.0 Å². The molecular weight excluding hydrogens is 833 g/mol. The molecule has 1 fully saturated rings. The Balaban J connectivity index is 0.983. The first kappa shape index (κ1) is 43.9. The smallest absolute Gasteiger partial charge is 0.354 e. The number of ether oxygens (including phenoxy) is 3. The van der Waals surface area contributed by atoms with Crippen LogP contribution in [0.3, 0.4) is 0 Å². The van der Waals surface area contributed by atoms with Gasteiger partial charge in [-0.2, -0.15) is 4.31 Å². The third kappa shape index (κ3) is 8.53. The molecule has 62 heavy (non-hydrogen) atoms. The van der Waals surface area contributed by atoms with Gasteiger partial charge in [0.15, 0.2) is 17.3 Å². The highest BCUT2D eigenvalue weighted by molar-refractivity contribution is 7.89. The maximum atomic E-state index is 15.4. The van der Waals surface area contributed by atoms with Gasteiger partial charge < -0.3 is 29.3 Å². The third-order valence-corrected chi connectivity index (χ3v) is 16.7. The number of hydrogen-bond donors (Lipinski definition) is 2. The molecule has 8 rings (SSSR count). The van der Waals surface area contributed by atoms with E-state index in [1.165, 1.54) is 6.07 Å². The summed E-state index contributed by atoms with van der Waals surface area (Å²) in [6, 6.07) is 21.4. The highest BCUT2D eigenvalue weighted by Gasteiger charge is 2.47. The van der Waals surface area contributed by atoms with E-state index in [-0.39, 0.29) is 54.1 Å². The summed E-state index contributed by atoms with van der Waals surface area (Å²) in [6.07, 6.45) is 5.70. The lowest BCUT2D eigenvalue weighted by Crippen LogP contribution is -2.50. The van der Waals surface area contributed by atoms with Crippen molar-refractivity contribution in [2.45, 2.75) is 82.2 Å². The molecule has 14 heteroatoms. The van der Waals surface area contributed by atoms with Crippen molar-refractivity contribution in [3.8, 4) is 17.2 Å². The molecule has 4 aliphatic rings. The minimum Gasteiger partial charge on any atom is -0.497 e. The fourth-order valence-corrected chi connectivity index (χ4v) is 12.0. The lowest BCUT2D eigenvalue weighted by Gasteiger charge is -2.47. The Morgan fingerprint density at radius 1 is 1.00 bits per heavy atom. The second-order valence-electron chi connectivity index (χ2n) is 17.6. The monoisotopic (exact) mass is 887 g/mol. The van der Waals surface area contributed by atoms with Gasteiger partial charge in [0, 0.05) is 31.6 Å². The Kier molecular flexibility index (Phi) is 12.6. The van der Waals surface area contributed by atoms with Crippen molar-refractivity contribution in [2.24, 2.45) is 23.7 Å². The number of sulfonamides is 1. The maximum absolute atomic E-state index is 15.4. The van der Waals surface area contributed by atoms with Crippen molar-refractivity contribution in [2.75, 3.05) is 38.8 Å². The zero-order valence-corrected chi connectivity index (χ0v) is 37.2. The highest BCUT2D eigenvalue weighted by atomic mass is 35.5. The number of carboxylic acids is 1. The number of benzene rings is 3. The number of anilines is 1. The second kappa shape index (κ2) is 17.8. The van der Waals surface area contributed by atoms with Crippen LogP contribution in [0.2, 0.25) is 5.02 Å². The number of allylic oxidation sites excluding steroid dienone is 1.